The molecule has 0 N–H and O–H groups in total. The third kappa shape index (κ3) is 5.10. The molecule has 0 radical (unpaired) electrons. The first-order valence-electron chi connectivity index (χ1n) is 7.84. The van der Waals surface area contributed by atoms with Crippen molar-refractivity contribution in [1.82, 2.24) is 0 Å². The maximum atomic E-state index is 3.17. The minimum Gasteiger partial charge on any atom is -0.120 e. The highest BCUT2D eigenvalue weighted by molar-refractivity contribution is 14.4. The van der Waals surface area contributed by atoms with Gasteiger partial charge in [-0.25, -0.2) is 0 Å². The molecule has 0 aromatic rings. The second-order valence-corrected chi connectivity index (χ2v) is 98.7. The zero-order valence-electron chi connectivity index (χ0n) is 12.0. The molecule has 0 nitrogen and oxygen atoms in total. The van der Waals surface area contributed by atoms with Crippen LogP contribution < -0.4 is 0 Å². The van der Waals surface area contributed by atoms with Crippen LogP contribution in [0.2, 0.25) is 11.1 Å². The van der Waals surface area contributed by atoms with Crippen molar-refractivity contribution in [2.45, 2.75) is 75.3 Å². The average molecular weight is 1010 g/mol. The number of rotatable bonds is 4. The molecule has 0 bridgehead atoms. The van der Waals surface area contributed by atoms with Crippen molar-refractivity contribution in [3.05, 3.63) is 0 Å². The van der Waals surface area contributed by atoms with Crippen LogP contribution in [0.5, 0.6) is 0 Å². The van der Waals surface area contributed by atoms with E-state index in [0.717, 1.165) is 11.1 Å². The highest BCUT2D eigenvalue weighted by Crippen LogP contribution is 2.64. The van der Waals surface area contributed by atoms with Crippen LogP contribution in [0, 0.1) is 0 Å². The standard InChI is InChI=1S/C12H22I6Si3/c13-19(14,11-7-3-1-4-8-11)20(15,21(16,17)18)12-9-5-2-6-10-12/h11-12H,1-10H2. The fraction of sp³-hybridized carbons (Fsp3) is 1.00. The summed E-state index contributed by atoms with van der Waals surface area (Å²) in [7, 11) is 0. The summed E-state index contributed by atoms with van der Waals surface area (Å²) in [5, 5.41) is 0. The second kappa shape index (κ2) is 9.49. The molecule has 0 saturated heterocycles. The molecular weight excluding hydrogens is 990 g/mol. The number of hydrogen-bond donors (Lipinski definition) is 0. The molecule has 2 fully saturated rings. The highest BCUT2D eigenvalue weighted by atomic mass is 127. The largest absolute Gasteiger partial charge is 0.252 e. The average Bonchev–Trinajstić information content (AvgIpc) is 2.47. The van der Waals surface area contributed by atoms with E-state index in [1.165, 1.54) is 38.5 Å². The summed E-state index contributed by atoms with van der Waals surface area (Å²) in [4.78, 5) is 0. The Morgan fingerprint density at radius 3 is 1.29 bits per heavy atom. The van der Waals surface area contributed by atoms with Crippen LogP contribution >= 0.6 is 131 Å². The molecule has 2 saturated carbocycles. The van der Waals surface area contributed by atoms with E-state index in [4.69, 9.17) is 0 Å². The lowest BCUT2D eigenvalue weighted by atomic mass is 10.0. The Balaban J connectivity index is 2.33. The van der Waals surface area contributed by atoms with Gasteiger partial charge in [-0.1, -0.05) is 130 Å². The van der Waals surface area contributed by atoms with Crippen LogP contribution in [0.25, 0.3) is 0 Å². The monoisotopic (exact) mass is 1010 g/mol. The van der Waals surface area contributed by atoms with Crippen LogP contribution in [0.15, 0.2) is 0 Å². The zero-order chi connectivity index (χ0) is 15.7. The number of halogens is 6. The summed E-state index contributed by atoms with van der Waals surface area (Å²) in [5.41, 5.74) is 2.27. The topological polar surface area (TPSA) is 0 Å². The quantitative estimate of drug-likeness (QED) is 0.150. The molecule has 0 aromatic carbocycles. The first-order valence-corrected chi connectivity index (χ1v) is 34.7. The lowest BCUT2D eigenvalue weighted by Crippen LogP contribution is -2.66. The Morgan fingerprint density at radius 1 is 0.524 bits per heavy atom. The van der Waals surface area contributed by atoms with E-state index in [2.05, 4.69) is 131 Å². The predicted octanol–water partition coefficient (Wildman–Crippen LogP) is 8.75. The van der Waals surface area contributed by atoms with Crippen molar-refractivity contribution in [2.24, 2.45) is 0 Å². The van der Waals surface area contributed by atoms with Crippen molar-refractivity contribution >= 4 is 138 Å². The molecule has 21 heavy (non-hydrogen) atoms. The molecule has 124 valence electrons. The number of hydrogen-bond acceptors (Lipinski definition) is 0. The van der Waals surface area contributed by atoms with Gasteiger partial charge in [0.05, 0.1) is 0 Å². The van der Waals surface area contributed by atoms with Gasteiger partial charge in [0.1, 0.15) is 0 Å². The van der Waals surface area contributed by atoms with Crippen LogP contribution in [0.4, 0.5) is 0 Å². The van der Waals surface area contributed by atoms with Crippen LogP contribution in [0.3, 0.4) is 0 Å². The Kier molecular flexibility index (Phi) is 10.1. The minimum absolute atomic E-state index is 1.13. The molecule has 0 aliphatic heterocycles. The van der Waals surface area contributed by atoms with E-state index in [1.807, 2.05) is 0 Å². The van der Waals surface area contributed by atoms with Crippen LogP contribution in [-0.4, -0.2) is 7.27 Å². The third-order valence-corrected chi connectivity index (χ3v) is 157. The Morgan fingerprint density at radius 2 is 0.905 bits per heavy atom. The molecule has 0 heterocycles. The van der Waals surface area contributed by atoms with Crippen molar-refractivity contribution in [3.63, 3.8) is 0 Å². The Hall–Kier alpha value is 5.03. The predicted molar refractivity (Wildman–Crippen MR) is 155 cm³/mol. The van der Waals surface area contributed by atoms with E-state index in [0.29, 0.717) is 0 Å². The third-order valence-electron chi connectivity index (χ3n) is 5.18. The minimum atomic E-state index is -1.18. The van der Waals surface area contributed by atoms with E-state index in [9.17, 15) is 0 Å². The Labute approximate surface area is 208 Å². The molecule has 0 amide bonds. The van der Waals surface area contributed by atoms with Gasteiger partial charge in [0.25, 0.3) is 0.0813 Å². The molecular formula is C12H22I6Si3. The maximum absolute atomic E-state index is 3.17. The summed E-state index contributed by atoms with van der Waals surface area (Å²) in [6.07, 6.45) is 15.4. The smallest absolute Gasteiger partial charge is 0.120 e. The van der Waals surface area contributed by atoms with Crippen molar-refractivity contribution < 1.29 is 0 Å². The van der Waals surface area contributed by atoms with Gasteiger partial charge in [-0.15, -0.1) is 65.4 Å². The molecule has 2 rings (SSSR count). The second-order valence-electron chi connectivity index (χ2n) is 6.50. The van der Waals surface area contributed by atoms with Gasteiger partial charge in [-0.05, 0) is 11.1 Å². The molecule has 1 atom stereocenters. The van der Waals surface area contributed by atoms with Crippen molar-refractivity contribution in [1.29, 1.82) is 0 Å². The summed E-state index contributed by atoms with van der Waals surface area (Å²) < 4.78 is -3.49. The summed E-state index contributed by atoms with van der Waals surface area (Å²) in [6, 6.07) is 0. The normalized spacial score (nSPS) is 26.6. The molecule has 0 spiro atoms. The maximum Gasteiger partial charge on any atom is 0.252 e. The lowest BCUT2D eigenvalue weighted by molar-refractivity contribution is 0.494. The highest BCUT2D eigenvalue weighted by Gasteiger charge is 2.68. The first kappa shape index (κ1) is 22.3. The van der Waals surface area contributed by atoms with E-state index >= 15 is 0 Å². The molecule has 0 aromatic heterocycles. The van der Waals surface area contributed by atoms with E-state index in [1.54, 1.807) is 25.7 Å². The van der Waals surface area contributed by atoms with Gasteiger partial charge in [0.15, 0.2) is 7.19 Å². The zero-order valence-corrected chi connectivity index (χ0v) is 27.9. The van der Waals surface area contributed by atoms with E-state index < -0.39 is 7.27 Å². The van der Waals surface area contributed by atoms with Crippen molar-refractivity contribution in [2.75, 3.05) is 0 Å². The summed E-state index contributed by atoms with van der Waals surface area (Å²) in [6.45, 7) is 0. The van der Waals surface area contributed by atoms with Crippen LogP contribution in [-0.2, 0) is 0 Å². The van der Waals surface area contributed by atoms with Crippen molar-refractivity contribution in [3.8, 4) is 0 Å². The van der Waals surface area contributed by atoms with E-state index in [-0.39, 0.29) is 0 Å². The van der Waals surface area contributed by atoms with Gasteiger partial charge in [-0.2, -0.15) is 0 Å². The molecule has 1 unspecified atom stereocenters. The van der Waals surface area contributed by atoms with Gasteiger partial charge in [0, 0.05) is 0 Å². The van der Waals surface area contributed by atoms with Gasteiger partial charge in [0.2, 0.25) is 0 Å². The molecule has 9 heteroatoms. The first-order chi connectivity index (χ1) is 9.71. The van der Waals surface area contributed by atoms with Gasteiger partial charge >= 0.3 is 0 Å². The van der Waals surface area contributed by atoms with Gasteiger partial charge < -0.3 is 0 Å². The fourth-order valence-corrected chi connectivity index (χ4v) is 191. The van der Waals surface area contributed by atoms with Gasteiger partial charge in [-0.3, -0.25) is 0 Å². The summed E-state index contributed by atoms with van der Waals surface area (Å²) in [5.74, 6) is 0. The van der Waals surface area contributed by atoms with Crippen LogP contribution in [0.1, 0.15) is 64.2 Å². The fourth-order valence-electron chi connectivity index (χ4n) is 3.96. The SMILES string of the molecule is I[Si](I)(I)[Si](I)(C1CCCCC1)[Si](I)(I)C1CCCCC1. The summed E-state index contributed by atoms with van der Waals surface area (Å²) >= 11 is 18.3. The Bertz CT molecular complexity index is 349. The lowest BCUT2D eigenvalue weighted by Gasteiger charge is -2.50. The molecule has 2 aliphatic carbocycles. The molecule has 2 aliphatic rings.